The molecule has 17 heavy (non-hydrogen) atoms. The van der Waals surface area contributed by atoms with Crippen molar-refractivity contribution in [1.29, 1.82) is 0 Å². The Balaban J connectivity index is 2.06. The highest BCUT2D eigenvalue weighted by atomic mass is 32.1. The van der Waals surface area contributed by atoms with Crippen LogP contribution in [-0.2, 0) is 11.8 Å². The summed E-state index contributed by atoms with van der Waals surface area (Å²) in [4.78, 5) is 4.58. The molecule has 2 heterocycles. The van der Waals surface area contributed by atoms with E-state index >= 15 is 0 Å². The molecule has 0 radical (unpaired) electrons. The number of aromatic nitrogens is 1. The average Bonchev–Trinajstić information content (AvgIpc) is 2.66. The van der Waals surface area contributed by atoms with E-state index < -0.39 is 5.67 Å². The predicted octanol–water partition coefficient (Wildman–Crippen LogP) is 3.07. The standard InChI is InChI=1S/C13H21FN2S/c1-12(2,3)10-9-17-11(16-10)8-13(14)4-6-15-7-5-13/h9,15H,4-8H2,1-3H3. The van der Waals surface area contributed by atoms with Gasteiger partial charge in [-0.2, -0.15) is 0 Å². The Hall–Kier alpha value is -0.480. The molecule has 0 atom stereocenters. The second-order valence-corrected chi connectivity index (χ2v) is 6.90. The average molecular weight is 256 g/mol. The molecule has 0 amide bonds. The van der Waals surface area contributed by atoms with Gasteiger partial charge in [0, 0.05) is 17.2 Å². The number of hydrogen-bond donors (Lipinski definition) is 1. The van der Waals surface area contributed by atoms with Crippen molar-refractivity contribution in [2.45, 2.75) is 51.1 Å². The lowest BCUT2D eigenvalue weighted by molar-refractivity contribution is 0.116. The van der Waals surface area contributed by atoms with Crippen molar-refractivity contribution in [1.82, 2.24) is 10.3 Å². The summed E-state index contributed by atoms with van der Waals surface area (Å²) < 4.78 is 14.5. The molecule has 2 rings (SSSR count). The van der Waals surface area contributed by atoms with Gasteiger partial charge in [0.05, 0.1) is 10.7 Å². The number of hydrogen-bond acceptors (Lipinski definition) is 3. The van der Waals surface area contributed by atoms with E-state index in [0.717, 1.165) is 23.8 Å². The molecular formula is C13H21FN2S. The minimum Gasteiger partial charge on any atom is -0.316 e. The zero-order valence-corrected chi connectivity index (χ0v) is 11.7. The molecule has 0 spiro atoms. The Kier molecular flexibility index (Phi) is 3.55. The molecule has 1 aliphatic heterocycles. The summed E-state index contributed by atoms with van der Waals surface area (Å²) in [5.41, 5.74) is 0.0972. The molecule has 2 nitrogen and oxygen atoms in total. The number of nitrogens with zero attached hydrogens (tertiary/aromatic N) is 1. The first-order valence-electron chi connectivity index (χ1n) is 6.24. The van der Waals surface area contributed by atoms with E-state index in [0.29, 0.717) is 19.3 Å². The van der Waals surface area contributed by atoms with Crippen LogP contribution in [0.4, 0.5) is 4.39 Å². The highest BCUT2D eigenvalue weighted by Crippen LogP contribution is 2.31. The molecule has 1 aliphatic rings. The van der Waals surface area contributed by atoms with Crippen LogP contribution in [-0.4, -0.2) is 23.7 Å². The summed E-state index contributed by atoms with van der Waals surface area (Å²) in [5.74, 6) is 0. The van der Waals surface area contributed by atoms with E-state index in [1.807, 2.05) is 0 Å². The summed E-state index contributed by atoms with van der Waals surface area (Å²) >= 11 is 1.60. The second kappa shape index (κ2) is 4.65. The van der Waals surface area contributed by atoms with E-state index in [1.54, 1.807) is 11.3 Å². The fraction of sp³-hybridized carbons (Fsp3) is 0.769. The van der Waals surface area contributed by atoms with Gasteiger partial charge in [-0.05, 0) is 25.9 Å². The molecular weight excluding hydrogens is 235 g/mol. The zero-order chi connectivity index (χ0) is 12.5. The summed E-state index contributed by atoms with van der Waals surface area (Å²) in [6, 6.07) is 0. The summed E-state index contributed by atoms with van der Waals surface area (Å²) in [6.45, 7) is 7.99. The fourth-order valence-electron chi connectivity index (χ4n) is 2.06. The molecule has 0 bridgehead atoms. The van der Waals surface area contributed by atoms with Gasteiger partial charge in [0.15, 0.2) is 0 Å². The first-order valence-corrected chi connectivity index (χ1v) is 7.12. The number of piperidine rings is 1. The maximum atomic E-state index is 14.5. The van der Waals surface area contributed by atoms with Crippen LogP contribution in [0.5, 0.6) is 0 Å². The van der Waals surface area contributed by atoms with Crippen LogP contribution in [0, 0.1) is 0 Å². The smallest absolute Gasteiger partial charge is 0.119 e. The molecule has 0 unspecified atom stereocenters. The molecule has 96 valence electrons. The Bertz CT molecular complexity index is 375. The number of alkyl halides is 1. The van der Waals surface area contributed by atoms with Gasteiger partial charge in [0.2, 0.25) is 0 Å². The highest BCUT2D eigenvalue weighted by molar-refractivity contribution is 7.09. The van der Waals surface area contributed by atoms with Gasteiger partial charge in [-0.1, -0.05) is 20.8 Å². The maximum absolute atomic E-state index is 14.5. The van der Waals surface area contributed by atoms with E-state index in [4.69, 9.17) is 0 Å². The van der Waals surface area contributed by atoms with E-state index in [-0.39, 0.29) is 5.41 Å². The van der Waals surface area contributed by atoms with Crippen LogP contribution >= 0.6 is 11.3 Å². The van der Waals surface area contributed by atoms with Gasteiger partial charge in [0.1, 0.15) is 5.67 Å². The number of nitrogens with one attached hydrogen (secondary N) is 1. The molecule has 0 aromatic carbocycles. The molecule has 1 aromatic heterocycles. The predicted molar refractivity (Wildman–Crippen MR) is 70.5 cm³/mol. The van der Waals surface area contributed by atoms with E-state index in [9.17, 15) is 4.39 Å². The lowest BCUT2D eigenvalue weighted by Gasteiger charge is -2.29. The third kappa shape index (κ3) is 3.26. The summed E-state index contributed by atoms with van der Waals surface area (Å²) in [7, 11) is 0. The van der Waals surface area contributed by atoms with Gasteiger partial charge < -0.3 is 5.32 Å². The SMILES string of the molecule is CC(C)(C)c1csc(CC2(F)CCNCC2)n1. The van der Waals surface area contributed by atoms with Gasteiger partial charge >= 0.3 is 0 Å². The van der Waals surface area contributed by atoms with Crippen molar-refractivity contribution in [3.8, 4) is 0 Å². The minimum atomic E-state index is -1.04. The molecule has 1 aromatic rings. The first kappa shape index (κ1) is 13.0. The van der Waals surface area contributed by atoms with Crippen molar-refractivity contribution >= 4 is 11.3 Å². The molecule has 4 heteroatoms. The number of halogens is 1. The Morgan fingerprint density at radius 3 is 2.59 bits per heavy atom. The Labute approximate surface area is 107 Å². The van der Waals surface area contributed by atoms with Crippen molar-refractivity contribution in [3.05, 3.63) is 16.1 Å². The zero-order valence-electron chi connectivity index (χ0n) is 10.8. The Morgan fingerprint density at radius 2 is 2.06 bits per heavy atom. The molecule has 0 aliphatic carbocycles. The number of thiazole rings is 1. The van der Waals surface area contributed by atoms with Crippen molar-refractivity contribution in [2.75, 3.05) is 13.1 Å². The third-order valence-electron chi connectivity index (χ3n) is 3.29. The van der Waals surface area contributed by atoms with Crippen molar-refractivity contribution in [3.63, 3.8) is 0 Å². The summed E-state index contributed by atoms with van der Waals surface area (Å²) in [6.07, 6.45) is 1.70. The Morgan fingerprint density at radius 1 is 1.41 bits per heavy atom. The van der Waals surface area contributed by atoms with Crippen LogP contribution < -0.4 is 5.32 Å². The van der Waals surface area contributed by atoms with E-state index in [2.05, 4.69) is 36.5 Å². The quantitative estimate of drug-likeness (QED) is 0.879. The first-order chi connectivity index (χ1) is 7.89. The highest BCUT2D eigenvalue weighted by Gasteiger charge is 2.33. The van der Waals surface area contributed by atoms with Gasteiger partial charge in [-0.25, -0.2) is 9.37 Å². The molecule has 1 saturated heterocycles. The van der Waals surface area contributed by atoms with Crippen LogP contribution in [0.25, 0.3) is 0 Å². The van der Waals surface area contributed by atoms with Gasteiger partial charge in [-0.3, -0.25) is 0 Å². The lowest BCUT2D eigenvalue weighted by Crippen LogP contribution is -2.40. The molecule has 1 N–H and O–H groups in total. The molecule has 0 saturated carbocycles. The maximum Gasteiger partial charge on any atom is 0.119 e. The third-order valence-corrected chi connectivity index (χ3v) is 4.14. The van der Waals surface area contributed by atoms with Crippen LogP contribution in [0.1, 0.15) is 44.3 Å². The second-order valence-electron chi connectivity index (χ2n) is 5.95. The fourth-order valence-corrected chi connectivity index (χ4v) is 3.21. The van der Waals surface area contributed by atoms with Crippen molar-refractivity contribution < 1.29 is 4.39 Å². The topological polar surface area (TPSA) is 24.9 Å². The van der Waals surface area contributed by atoms with Crippen LogP contribution in [0.15, 0.2) is 5.38 Å². The summed E-state index contributed by atoms with van der Waals surface area (Å²) in [5, 5.41) is 6.21. The monoisotopic (exact) mass is 256 g/mol. The minimum absolute atomic E-state index is 0.0619. The van der Waals surface area contributed by atoms with E-state index in [1.165, 1.54) is 0 Å². The lowest BCUT2D eigenvalue weighted by atomic mass is 9.91. The van der Waals surface area contributed by atoms with Gasteiger partial charge in [-0.15, -0.1) is 11.3 Å². The van der Waals surface area contributed by atoms with Crippen LogP contribution in [0.2, 0.25) is 0 Å². The van der Waals surface area contributed by atoms with Gasteiger partial charge in [0.25, 0.3) is 0 Å². The molecule has 1 fully saturated rings. The van der Waals surface area contributed by atoms with Crippen molar-refractivity contribution in [2.24, 2.45) is 0 Å². The van der Waals surface area contributed by atoms with Crippen LogP contribution in [0.3, 0.4) is 0 Å². The number of rotatable bonds is 2. The largest absolute Gasteiger partial charge is 0.316 e. The normalized spacial score (nSPS) is 20.5.